The minimum absolute atomic E-state index is 0.107. The predicted octanol–water partition coefficient (Wildman–Crippen LogP) is 1.89. The summed E-state index contributed by atoms with van der Waals surface area (Å²) >= 11 is 0. The van der Waals surface area contributed by atoms with Crippen molar-refractivity contribution in [3.63, 3.8) is 0 Å². The van der Waals surface area contributed by atoms with Gasteiger partial charge in [-0.25, -0.2) is 4.98 Å². The van der Waals surface area contributed by atoms with Gasteiger partial charge in [0.05, 0.1) is 30.2 Å². The van der Waals surface area contributed by atoms with Crippen LogP contribution in [-0.4, -0.2) is 29.3 Å². The van der Waals surface area contributed by atoms with Gasteiger partial charge < -0.3 is 15.7 Å². The van der Waals surface area contributed by atoms with Crippen molar-refractivity contribution in [1.29, 1.82) is 0 Å². The number of rotatable bonds is 2. The van der Waals surface area contributed by atoms with Crippen molar-refractivity contribution >= 4 is 11.4 Å². The van der Waals surface area contributed by atoms with E-state index in [2.05, 4.69) is 4.98 Å². The van der Waals surface area contributed by atoms with Crippen LogP contribution in [0.3, 0.4) is 0 Å². The number of nitrogens with zero attached hydrogens (tertiary/aromatic N) is 2. The molecule has 0 aliphatic carbocycles. The van der Waals surface area contributed by atoms with Crippen LogP contribution in [-0.2, 0) is 6.18 Å². The van der Waals surface area contributed by atoms with Gasteiger partial charge in [-0.3, -0.25) is 0 Å². The first-order valence-corrected chi connectivity index (χ1v) is 6.04. The molecular formula is C12H16F3N3O. The maximum atomic E-state index is 12.7. The summed E-state index contributed by atoms with van der Waals surface area (Å²) in [5.41, 5.74) is 5.25. The fourth-order valence-electron chi connectivity index (χ4n) is 2.44. The summed E-state index contributed by atoms with van der Waals surface area (Å²) in [7, 11) is 0. The molecule has 1 aliphatic heterocycles. The molecule has 7 heteroatoms. The quantitative estimate of drug-likeness (QED) is 0.865. The Kier molecular flexibility index (Phi) is 3.58. The summed E-state index contributed by atoms with van der Waals surface area (Å²) in [6, 6.07) is 0.751. The molecule has 2 atom stereocenters. The van der Waals surface area contributed by atoms with E-state index in [1.807, 2.05) is 6.92 Å². The number of nitrogens with two attached hydrogens (primary N) is 1. The van der Waals surface area contributed by atoms with E-state index in [-0.39, 0.29) is 24.3 Å². The number of aliphatic hydroxyl groups is 1. The van der Waals surface area contributed by atoms with Crippen molar-refractivity contribution in [1.82, 2.24) is 4.98 Å². The molecule has 0 radical (unpaired) electrons. The van der Waals surface area contributed by atoms with E-state index in [1.165, 1.54) is 0 Å². The Morgan fingerprint density at radius 2 is 2.21 bits per heavy atom. The van der Waals surface area contributed by atoms with E-state index in [0.717, 1.165) is 18.7 Å². The van der Waals surface area contributed by atoms with Gasteiger partial charge in [0.2, 0.25) is 0 Å². The second-order valence-corrected chi connectivity index (χ2v) is 4.84. The van der Waals surface area contributed by atoms with Crippen LogP contribution >= 0.6 is 0 Å². The lowest BCUT2D eigenvalue weighted by Gasteiger charge is -2.28. The highest BCUT2D eigenvalue weighted by Crippen LogP contribution is 2.36. The van der Waals surface area contributed by atoms with Crippen molar-refractivity contribution in [2.24, 2.45) is 5.92 Å². The molecule has 0 spiro atoms. The van der Waals surface area contributed by atoms with Crippen LogP contribution in [0.4, 0.5) is 24.5 Å². The Hall–Kier alpha value is -1.50. The molecule has 1 aromatic heterocycles. The number of pyridine rings is 1. The molecule has 4 nitrogen and oxygen atoms in total. The third kappa shape index (κ3) is 2.60. The number of hydrogen-bond acceptors (Lipinski definition) is 4. The molecule has 2 unspecified atom stereocenters. The maximum absolute atomic E-state index is 12.7. The molecule has 106 valence electrons. The molecule has 0 aromatic carbocycles. The lowest BCUT2D eigenvalue weighted by Crippen LogP contribution is -2.35. The van der Waals surface area contributed by atoms with Gasteiger partial charge in [-0.15, -0.1) is 0 Å². The van der Waals surface area contributed by atoms with E-state index in [1.54, 1.807) is 4.90 Å². The molecule has 1 saturated heterocycles. The zero-order valence-electron chi connectivity index (χ0n) is 10.5. The number of alkyl halides is 3. The summed E-state index contributed by atoms with van der Waals surface area (Å²) in [4.78, 5) is 5.05. The van der Waals surface area contributed by atoms with Crippen LogP contribution in [0.15, 0.2) is 12.3 Å². The minimum atomic E-state index is -4.50. The average molecular weight is 275 g/mol. The second kappa shape index (κ2) is 4.88. The molecule has 2 heterocycles. The average Bonchev–Trinajstić information content (AvgIpc) is 2.69. The van der Waals surface area contributed by atoms with E-state index in [4.69, 9.17) is 5.73 Å². The van der Waals surface area contributed by atoms with Crippen molar-refractivity contribution in [2.45, 2.75) is 25.6 Å². The molecule has 19 heavy (non-hydrogen) atoms. The van der Waals surface area contributed by atoms with Crippen LogP contribution in [0, 0.1) is 5.92 Å². The monoisotopic (exact) mass is 275 g/mol. The lowest BCUT2D eigenvalue weighted by molar-refractivity contribution is -0.141. The van der Waals surface area contributed by atoms with Gasteiger partial charge in [-0.05, 0) is 18.4 Å². The highest BCUT2D eigenvalue weighted by molar-refractivity contribution is 5.68. The number of aliphatic hydroxyl groups excluding tert-OH is 1. The van der Waals surface area contributed by atoms with E-state index >= 15 is 0 Å². The molecule has 0 bridgehead atoms. The fraction of sp³-hybridized carbons (Fsp3) is 0.583. The van der Waals surface area contributed by atoms with Crippen LogP contribution in [0.5, 0.6) is 0 Å². The Morgan fingerprint density at radius 1 is 1.53 bits per heavy atom. The third-order valence-electron chi connectivity index (χ3n) is 3.58. The van der Waals surface area contributed by atoms with Crippen LogP contribution in [0.25, 0.3) is 0 Å². The van der Waals surface area contributed by atoms with Crippen LogP contribution in [0.1, 0.15) is 19.0 Å². The molecule has 0 amide bonds. The third-order valence-corrected chi connectivity index (χ3v) is 3.58. The SMILES string of the molecule is CC1CCN(c2cc(C(F)(F)F)ncc2N)C1CO. The van der Waals surface area contributed by atoms with Crippen LogP contribution in [0.2, 0.25) is 0 Å². The largest absolute Gasteiger partial charge is 0.433 e. The van der Waals surface area contributed by atoms with Gasteiger partial charge in [0.1, 0.15) is 5.69 Å². The molecule has 3 N–H and O–H groups in total. The highest BCUT2D eigenvalue weighted by atomic mass is 19.4. The molecule has 1 aliphatic rings. The summed E-state index contributed by atoms with van der Waals surface area (Å²) < 4.78 is 38.0. The number of anilines is 2. The van der Waals surface area contributed by atoms with Gasteiger partial charge in [0.25, 0.3) is 0 Å². The lowest BCUT2D eigenvalue weighted by atomic mass is 10.0. The molecule has 2 rings (SSSR count). The number of nitrogen functional groups attached to an aromatic ring is 1. The standard InChI is InChI=1S/C12H16F3N3O/c1-7-2-3-18(10(7)6-19)9-4-11(12(13,14)15)17-5-8(9)16/h4-5,7,10,19H,2-3,6,16H2,1H3. The van der Waals surface area contributed by atoms with Gasteiger partial charge in [0.15, 0.2) is 0 Å². The van der Waals surface area contributed by atoms with Gasteiger partial charge in [0, 0.05) is 6.54 Å². The van der Waals surface area contributed by atoms with Gasteiger partial charge in [-0.2, -0.15) is 13.2 Å². The Morgan fingerprint density at radius 3 is 2.79 bits per heavy atom. The smallest absolute Gasteiger partial charge is 0.396 e. The topological polar surface area (TPSA) is 62.4 Å². The zero-order valence-corrected chi connectivity index (χ0v) is 10.5. The first-order valence-electron chi connectivity index (χ1n) is 6.04. The van der Waals surface area contributed by atoms with E-state index in [9.17, 15) is 18.3 Å². The first-order chi connectivity index (χ1) is 8.84. The minimum Gasteiger partial charge on any atom is -0.396 e. The van der Waals surface area contributed by atoms with Crippen molar-refractivity contribution in [2.75, 3.05) is 23.8 Å². The normalized spacial score (nSPS) is 23.9. The maximum Gasteiger partial charge on any atom is 0.433 e. The second-order valence-electron chi connectivity index (χ2n) is 4.84. The highest BCUT2D eigenvalue weighted by Gasteiger charge is 2.36. The number of halogens is 3. The molecular weight excluding hydrogens is 259 g/mol. The summed E-state index contributed by atoms with van der Waals surface area (Å²) in [6.07, 6.45) is -2.66. The predicted molar refractivity (Wildman–Crippen MR) is 65.7 cm³/mol. The summed E-state index contributed by atoms with van der Waals surface area (Å²) in [5.74, 6) is 0.215. The molecule has 1 fully saturated rings. The molecule has 0 saturated carbocycles. The van der Waals surface area contributed by atoms with Gasteiger partial charge in [-0.1, -0.05) is 6.92 Å². The van der Waals surface area contributed by atoms with E-state index in [0.29, 0.717) is 12.2 Å². The molecule has 1 aromatic rings. The van der Waals surface area contributed by atoms with E-state index < -0.39 is 11.9 Å². The van der Waals surface area contributed by atoms with Crippen LogP contribution < -0.4 is 10.6 Å². The number of aromatic nitrogens is 1. The Bertz CT molecular complexity index is 464. The van der Waals surface area contributed by atoms with Gasteiger partial charge >= 0.3 is 6.18 Å². The fourth-order valence-corrected chi connectivity index (χ4v) is 2.44. The van der Waals surface area contributed by atoms with Crippen molar-refractivity contribution < 1.29 is 18.3 Å². The number of hydrogen-bond donors (Lipinski definition) is 2. The Labute approximate surface area is 109 Å². The first kappa shape index (κ1) is 13.9. The Balaban J connectivity index is 2.39. The summed E-state index contributed by atoms with van der Waals surface area (Å²) in [5, 5.41) is 9.37. The van der Waals surface area contributed by atoms with Crippen molar-refractivity contribution in [3.05, 3.63) is 18.0 Å². The summed E-state index contributed by atoms with van der Waals surface area (Å²) in [6.45, 7) is 2.44. The van der Waals surface area contributed by atoms with Crippen molar-refractivity contribution in [3.8, 4) is 0 Å². The zero-order chi connectivity index (χ0) is 14.2.